The largest absolute Gasteiger partial charge is 0.463 e. The molecule has 2 aliphatic rings. The summed E-state index contributed by atoms with van der Waals surface area (Å²) in [6, 6.07) is 15.4. The molecule has 1 heterocycles. The highest BCUT2D eigenvalue weighted by Gasteiger charge is 2.53. The summed E-state index contributed by atoms with van der Waals surface area (Å²) in [5.41, 5.74) is 3.70. The van der Waals surface area contributed by atoms with Gasteiger partial charge in [0.1, 0.15) is 18.8 Å². The molecule has 10 heteroatoms. The molecule has 4 rings (SSSR count). The molecule has 0 bridgehead atoms. The monoisotopic (exact) mass is 512 g/mol. The fourth-order valence-corrected chi connectivity index (χ4v) is 4.69. The lowest BCUT2D eigenvalue weighted by Gasteiger charge is -2.44. The van der Waals surface area contributed by atoms with Crippen molar-refractivity contribution in [1.29, 1.82) is 0 Å². The van der Waals surface area contributed by atoms with Crippen LogP contribution in [-0.2, 0) is 47.6 Å². The maximum absolute atomic E-state index is 12.1. The summed E-state index contributed by atoms with van der Waals surface area (Å²) in [5, 5.41) is 0. The first kappa shape index (κ1) is 26.3. The standard InChI is InChI=1S/C27H28O10/c1-14(28)32-13-22-24(33-15(2)29)25(34-16(3)30)26(35-17(4)31)27(36-22)37-23-20-11-7-5-9-18(20)19-10-6-8-12-21(19)23/h5-12,22-27H,13H2,1-4H3/t22-,24-,25+,26-,27-/m1/s1. The van der Waals surface area contributed by atoms with Crippen molar-refractivity contribution in [3.63, 3.8) is 0 Å². The number of carbonyl (C=O) groups is 4. The Kier molecular flexibility index (Phi) is 7.89. The first-order chi connectivity index (χ1) is 17.7. The SMILES string of the molecule is CC(=O)OC[C@H]1O[C@H](OC2c3ccccc3-c3ccccc32)[C@H](OC(C)=O)[C@@H](OC(C)=O)[C@@H]1OC(C)=O. The number of esters is 4. The smallest absolute Gasteiger partial charge is 0.303 e. The van der Waals surface area contributed by atoms with E-state index in [-0.39, 0.29) is 6.61 Å². The van der Waals surface area contributed by atoms with Gasteiger partial charge in [-0.15, -0.1) is 0 Å². The summed E-state index contributed by atoms with van der Waals surface area (Å²) >= 11 is 0. The predicted molar refractivity (Wildman–Crippen MR) is 127 cm³/mol. The van der Waals surface area contributed by atoms with E-state index in [4.69, 9.17) is 28.4 Å². The Morgan fingerprint density at radius 2 is 1.16 bits per heavy atom. The fraction of sp³-hybridized carbons (Fsp3) is 0.407. The molecule has 196 valence electrons. The van der Waals surface area contributed by atoms with E-state index >= 15 is 0 Å². The molecule has 0 amide bonds. The molecule has 1 aliphatic carbocycles. The molecular weight excluding hydrogens is 484 g/mol. The van der Waals surface area contributed by atoms with E-state index in [0.717, 1.165) is 22.3 Å². The second-order valence-electron chi connectivity index (χ2n) is 8.76. The third kappa shape index (κ3) is 5.81. The number of fused-ring (bicyclic) bond motifs is 3. The highest BCUT2D eigenvalue weighted by atomic mass is 16.7. The summed E-state index contributed by atoms with van der Waals surface area (Å²) in [6.45, 7) is 4.42. The molecule has 37 heavy (non-hydrogen) atoms. The van der Waals surface area contributed by atoms with Crippen LogP contribution in [0, 0.1) is 0 Å². The minimum atomic E-state index is -1.29. The molecule has 0 N–H and O–H groups in total. The maximum Gasteiger partial charge on any atom is 0.303 e. The Morgan fingerprint density at radius 1 is 0.676 bits per heavy atom. The van der Waals surface area contributed by atoms with E-state index in [1.54, 1.807) is 0 Å². The van der Waals surface area contributed by atoms with Crippen molar-refractivity contribution in [3.8, 4) is 11.1 Å². The minimum absolute atomic E-state index is 0.324. The molecule has 2 aromatic carbocycles. The fourth-order valence-electron chi connectivity index (χ4n) is 4.69. The molecule has 1 aliphatic heterocycles. The second kappa shape index (κ2) is 11.1. The van der Waals surface area contributed by atoms with Crippen LogP contribution in [0.4, 0.5) is 0 Å². The van der Waals surface area contributed by atoms with E-state index in [1.165, 1.54) is 27.7 Å². The number of hydrogen-bond acceptors (Lipinski definition) is 10. The minimum Gasteiger partial charge on any atom is -0.463 e. The summed E-state index contributed by atoms with van der Waals surface area (Å²) in [5.74, 6) is -2.68. The van der Waals surface area contributed by atoms with Gasteiger partial charge in [-0.1, -0.05) is 48.5 Å². The van der Waals surface area contributed by atoms with Gasteiger partial charge in [-0.2, -0.15) is 0 Å². The molecule has 0 spiro atoms. The molecular formula is C27H28O10. The van der Waals surface area contributed by atoms with Gasteiger partial charge in [-0.05, 0) is 22.3 Å². The van der Waals surface area contributed by atoms with Gasteiger partial charge in [-0.3, -0.25) is 19.2 Å². The topological polar surface area (TPSA) is 124 Å². The number of hydrogen-bond donors (Lipinski definition) is 0. The van der Waals surface area contributed by atoms with E-state index in [2.05, 4.69) is 0 Å². The molecule has 5 atom stereocenters. The Labute approximate surface area is 213 Å². The molecule has 0 aromatic heterocycles. The zero-order valence-corrected chi connectivity index (χ0v) is 20.9. The highest BCUT2D eigenvalue weighted by Crippen LogP contribution is 2.46. The van der Waals surface area contributed by atoms with Crippen molar-refractivity contribution in [2.45, 2.75) is 64.5 Å². The first-order valence-corrected chi connectivity index (χ1v) is 11.8. The quantitative estimate of drug-likeness (QED) is 0.404. The van der Waals surface area contributed by atoms with Gasteiger partial charge in [0.25, 0.3) is 0 Å². The summed E-state index contributed by atoms with van der Waals surface area (Å²) < 4.78 is 34.1. The lowest BCUT2D eigenvalue weighted by molar-refractivity contribution is -0.314. The van der Waals surface area contributed by atoms with Crippen LogP contribution >= 0.6 is 0 Å². The maximum atomic E-state index is 12.1. The molecule has 1 fully saturated rings. The third-order valence-corrected chi connectivity index (χ3v) is 6.00. The van der Waals surface area contributed by atoms with Crippen LogP contribution < -0.4 is 0 Å². The predicted octanol–water partition coefficient (Wildman–Crippen LogP) is 2.86. The summed E-state index contributed by atoms with van der Waals surface area (Å²) in [4.78, 5) is 47.6. The molecule has 0 radical (unpaired) electrons. The van der Waals surface area contributed by atoms with Crippen molar-refractivity contribution in [2.24, 2.45) is 0 Å². The van der Waals surface area contributed by atoms with Crippen LogP contribution in [0.5, 0.6) is 0 Å². The van der Waals surface area contributed by atoms with Crippen molar-refractivity contribution in [3.05, 3.63) is 59.7 Å². The Morgan fingerprint density at radius 3 is 1.68 bits per heavy atom. The lowest BCUT2D eigenvalue weighted by atomic mass is 9.97. The van der Waals surface area contributed by atoms with E-state index in [1.807, 2.05) is 48.5 Å². The van der Waals surface area contributed by atoms with Gasteiger partial charge in [0.15, 0.2) is 24.6 Å². The molecule has 10 nitrogen and oxygen atoms in total. The van der Waals surface area contributed by atoms with Crippen molar-refractivity contribution in [1.82, 2.24) is 0 Å². The number of carbonyl (C=O) groups excluding carboxylic acids is 4. The average Bonchev–Trinajstić information content (AvgIpc) is 3.14. The molecule has 0 saturated carbocycles. The van der Waals surface area contributed by atoms with Crippen LogP contribution in [0.25, 0.3) is 11.1 Å². The zero-order chi connectivity index (χ0) is 26.7. The van der Waals surface area contributed by atoms with Gasteiger partial charge in [0.2, 0.25) is 0 Å². The Bertz CT molecular complexity index is 1150. The van der Waals surface area contributed by atoms with E-state index < -0.39 is 60.7 Å². The van der Waals surface area contributed by atoms with Crippen molar-refractivity contribution in [2.75, 3.05) is 6.61 Å². The van der Waals surface area contributed by atoms with Crippen molar-refractivity contribution < 1.29 is 47.6 Å². The zero-order valence-electron chi connectivity index (χ0n) is 20.9. The lowest BCUT2D eigenvalue weighted by Crippen LogP contribution is -2.63. The van der Waals surface area contributed by atoms with Crippen LogP contribution in [-0.4, -0.2) is 61.2 Å². The van der Waals surface area contributed by atoms with E-state index in [9.17, 15) is 19.2 Å². The normalized spacial score (nSPS) is 24.4. The Hall–Kier alpha value is -3.76. The number of rotatable bonds is 7. The molecule has 0 unspecified atom stereocenters. The average molecular weight is 513 g/mol. The molecule has 2 aromatic rings. The highest BCUT2D eigenvalue weighted by molar-refractivity contribution is 5.78. The first-order valence-electron chi connectivity index (χ1n) is 11.8. The molecule has 1 saturated heterocycles. The van der Waals surface area contributed by atoms with Gasteiger partial charge in [0, 0.05) is 27.7 Å². The summed E-state index contributed by atoms with van der Waals surface area (Å²) in [7, 11) is 0. The van der Waals surface area contributed by atoms with Gasteiger partial charge < -0.3 is 28.4 Å². The van der Waals surface area contributed by atoms with E-state index in [0.29, 0.717) is 0 Å². The third-order valence-electron chi connectivity index (χ3n) is 6.00. The number of benzene rings is 2. The number of ether oxygens (including phenoxy) is 6. The summed E-state index contributed by atoms with van der Waals surface area (Å²) in [6.07, 6.45) is -6.79. The van der Waals surface area contributed by atoms with Crippen LogP contribution in [0.15, 0.2) is 48.5 Å². The Balaban J connectivity index is 1.74. The van der Waals surface area contributed by atoms with Crippen LogP contribution in [0.2, 0.25) is 0 Å². The van der Waals surface area contributed by atoms with Crippen LogP contribution in [0.1, 0.15) is 44.9 Å². The van der Waals surface area contributed by atoms with Gasteiger partial charge in [0.05, 0.1) is 0 Å². The second-order valence-corrected chi connectivity index (χ2v) is 8.76. The van der Waals surface area contributed by atoms with Crippen molar-refractivity contribution >= 4 is 23.9 Å². The van der Waals surface area contributed by atoms with Gasteiger partial charge >= 0.3 is 23.9 Å². The van der Waals surface area contributed by atoms with Gasteiger partial charge in [-0.25, -0.2) is 0 Å². The van der Waals surface area contributed by atoms with Crippen LogP contribution in [0.3, 0.4) is 0 Å².